The zero-order chi connectivity index (χ0) is 53.2. The van der Waals surface area contributed by atoms with Crippen LogP contribution < -0.4 is 43.8 Å². The number of hydrogen-bond donors (Lipinski definition) is 0. The normalized spacial score (nSPS) is 14.2. The average molecular weight is 1290 g/mol. The highest BCUT2D eigenvalue weighted by Gasteiger charge is 2.85. The van der Waals surface area contributed by atoms with Crippen molar-refractivity contribution in [2.75, 3.05) is 0 Å². The Hall–Kier alpha value is -2.95. The number of hydrogen-bond acceptors (Lipinski definition) is 6. The maximum absolute atomic E-state index is 12.4. The minimum atomic E-state index is -7.43. The molecule has 3 aromatic carbocycles. The van der Waals surface area contributed by atoms with E-state index in [1.54, 1.807) is 22.6 Å². The van der Waals surface area contributed by atoms with Crippen molar-refractivity contribution in [1.82, 2.24) is 0 Å². The molecular formula is C29H13F27I2O6S2. The Kier molecular flexibility index (Phi) is 19.6. The predicted octanol–water partition coefficient (Wildman–Crippen LogP) is 4.93. The molecule has 0 aromatic heterocycles. The van der Waals surface area contributed by atoms with E-state index >= 15 is 0 Å². The van der Waals surface area contributed by atoms with Crippen molar-refractivity contribution < 1.29 is 188 Å². The van der Waals surface area contributed by atoms with Gasteiger partial charge in [-0.3, -0.25) is 0 Å². The van der Waals surface area contributed by atoms with E-state index in [0.717, 1.165) is 40.0 Å². The van der Waals surface area contributed by atoms with Gasteiger partial charge < -0.3 is 9.11 Å². The lowest BCUT2D eigenvalue weighted by Crippen LogP contribution is -3.61. The first-order valence-corrected chi connectivity index (χ1v) is 20.9. The summed E-state index contributed by atoms with van der Waals surface area (Å²) >= 11 is 0.876. The van der Waals surface area contributed by atoms with Gasteiger partial charge in [0.05, 0.1) is 16.7 Å². The smallest absolute Gasteiger partial charge is 0.460 e. The van der Waals surface area contributed by atoms with Crippen LogP contribution >= 0.6 is 0 Å². The van der Waals surface area contributed by atoms with Crippen LogP contribution in [0.25, 0.3) is 0 Å². The Morgan fingerprint density at radius 2 is 0.545 bits per heavy atom. The molecule has 0 saturated heterocycles. The molecule has 0 unspecified atom stereocenters. The summed E-state index contributed by atoms with van der Waals surface area (Å²) < 4.78 is 383. The average Bonchev–Trinajstić information content (AvgIpc) is 3.10. The summed E-state index contributed by atoms with van der Waals surface area (Å²) in [6, 6.07) is 14.5. The SMILES string of the molecule is FC(F)(F)c1ccc([I+]c2ccc(C(F)(F)F)cc2)cc1.FC(F)(F)c1ccc([IH+])cc1.O=S(=O)([O-])C(F)(F)C(F)(F)C(F)(F)C(F)(F)F.O=S(=O)([O-])C(F)(F)C(F)(F)C(F)(F)C(F)(F)F. The van der Waals surface area contributed by atoms with Crippen LogP contribution in [0.1, 0.15) is 16.7 Å². The van der Waals surface area contributed by atoms with Crippen LogP contribution in [-0.4, -0.2) is 72.5 Å². The monoisotopic (exact) mass is 1290 g/mol. The van der Waals surface area contributed by atoms with Crippen LogP contribution in [0, 0.1) is 10.7 Å². The van der Waals surface area contributed by atoms with Crippen LogP contribution in [0.4, 0.5) is 119 Å². The van der Waals surface area contributed by atoms with Gasteiger partial charge in [0.25, 0.3) is 22.6 Å². The lowest BCUT2D eigenvalue weighted by Gasteiger charge is -2.34. The Morgan fingerprint density at radius 3 is 0.712 bits per heavy atom. The van der Waals surface area contributed by atoms with Gasteiger partial charge in [0.1, 0.15) is 0 Å². The Balaban J connectivity index is 0.000000872. The molecule has 3 rings (SSSR count). The van der Waals surface area contributed by atoms with Gasteiger partial charge in [-0.1, -0.05) is 0 Å². The van der Waals surface area contributed by atoms with E-state index in [1.807, 2.05) is 0 Å². The van der Waals surface area contributed by atoms with E-state index in [9.17, 15) is 144 Å². The van der Waals surface area contributed by atoms with Crippen LogP contribution in [0.5, 0.6) is 0 Å². The van der Waals surface area contributed by atoms with Gasteiger partial charge in [0.2, 0.25) is 0 Å². The van der Waals surface area contributed by atoms with Gasteiger partial charge >= 0.3 is 86.3 Å². The van der Waals surface area contributed by atoms with Gasteiger partial charge in [-0.05, 0) is 72.8 Å². The summed E-state index contributed by atoms with van der Waals surface area (Å²) in [6.07, 6.45) is -27.3. The van der Waals surface area contributed by atoms with Gasteiger partial charge in [-0.25, -0.2) is 16.8 Å². The van der Waals surface area contributed by atoms with Crippen LogP contribution in [0.3, 0.4) is 0 Å². The summed E-state index contributed by atoms with van der Waals surface area (Å²) in [4.78, 5) is 0. The van der Waals surface area contributed by atoms with Gasteiger partial charge in [-0.15, -0.1) is 0 Å². The lowest BCUT2D eigenvalue weighted by molar-refractivity contribution is -0.597. The third-order valence-corrected chi connectivity index (χ3v) is 11.8. The van der Waals surface area contributed by atoms with E-state index in [0.29, 0.717) is 7.14 Å². The highest BCUT2D eigenvalue weighted by molar-refractivity contribution is 7.87. The zero-order valence-corrected chi connectivity index (χ0v) is 35.8. The van der Waals surface area contributed by atoms with Crippen LogP contribution in [0.15, 0.2) is 72.8 Å². The van der Waals surface area contributed by atoms with E-state index in [1.165, 1.54) is 36.4 Å². The molecule has 0 fully saturated rings. The maximum Gasteiger partial charge on any atom is 0.460 e. The molecule has 66 heavy (non-hydrogen) atoms. The van der Waals surface area contributed by atoms with Crippen molar-refractivity contribution in [3.05, 3.63) is 100 Å². The number of alkyl halides is 27. The molecule has 0 heterocycles. The zero-order valence-electron chi connectivity index (χ0n) is 29.7. The highest BCUT2D eigenvalue weighted by Crippen LogP contribution is 2.55. The van der Waals surface area contributed by atoms with Gasteiger partial charge in [-0.2, -0.15) is 119 Å². The highest BCUT2D eigenvalue weighted by atomic mass is 127. The van der Waals surface area contributed by atoms with Crippen molar-refractivity contribution in [2.45, 2.75) is 65.1 Å². The second-order valence-corrected chi connectivity index (χ2v) is 18.6. The fraction of sp³-hybridized carbons (Fsp3) is 0.379. The summed E-state index contributed by atoms with van der Waals surface area (Å²) in [5.41, 5.74) is -2.06. The minimum Gasteiger partial charge on any atom is -0.743 e. The quantitative estimate of drug-likeness (QED) is 0.180. The molecule has 0 N–H and O–H groups in total. The molecule has 0 radical (unpaired) electrons. The molecule has 0 saturated carbocycles. The topological polar surface area (TPSA) is 114 Å². The second-order valence-electron chi connectivity index (χ2n) is 11.4. The van der Waals surface area contributed by atoms with Gasteiger partial charge in [0, 0.05) is 0 Å². The molecular weight excluding hydrogens is 1280 g/mol. The molecule has 0 aliphatic rings. The standard InChI is InChI=1S/C14H8F6I.C7H5F3I.2C4HF9O3S/c15-13(16,17)9-1-5-11(6-2-9)21-12-7-3-10(4-8-12)14(18,19)20;8-7(9,10)5-1-3-6(11)4-2-5;2*5-1(6,3(9,10)11)2(7,8)4(12,13)17(14,15)16/h1-8H;1-4,11H;2*(H,14,15,16)/q2*+1;;/p-2. The van der Waals surface area contributed by atoms with Crippen molar-refractivity contribution in [2.24, 2.45) is 0 Å². The molecule has 0 aliphatic heterocycles. The van der Waals surface area contributed by atoms with Crippen LogP contribution in [-0.2, 0) is 38.8 Å². The summed E-state index contributed by atoms with van der Waals surface area (Å²) in [5, 5.41) is -14.2. The first kappa shape index (κ1) is 63.1. The first-order valence-electron chi connectivity index (χ1n) is 14.8. The van der Waals surface area contributed by atoms with Gasteiger partial charge in [0.15, 0.2) is 30.9 Å². The molecule has 0 aliphatic carbocycles. The van der Waals surface area contributed by atoms with Crippen molar-refractivity contribution in [3.63, 3.8) is 0 Å². The fourth-order valence-electron chi connectivity index (χ4n) is 3.21. The van der Waals surface area contributed by atoms with E-state index in [4.69, 9.17) is 0 Å². The molecule has 380 valence electrons. The first-order chi connectivity index (χ1) is 28.7. The largest absolute Gasteiger partial charge is 0.743 e. The maximum atomic E-state index is 12.4. The van der Waals surface area contributed by atoms with E-state index < -0.39 is 123 Å². The van der Waals surface area contributed by atoms with Crippen LogP contribution in [0.2, 0.25) is 0 Å². The predicted molar refractivity (Wildman–Crippen MR) is 153 cm³/mol. The Morgan fingerprint density at radius 1 is 0.348 bits per heavy atom. The summed E-state index contributed by atoms with van der Waals surface area (Å²) in [5.74, 6) is -29.6. The third kappa shape index (κ3) is 15.0. The molecule has 37 heteroatoms. The molecule has 0 amide bonds. The Labute approximate surface area is 372 Å². The molecule has 0 atom stereocenters. The number of benzene rings is 3. The van der Waals surface area contributed by atoms with E-state index in [2.05, 4.69) is 0 Å². The summed E-state index contributed by atoms with van der Waals surface area (Å²) in [6.45, 7) is 0. The lowest BCUT2D eigenvalue weighted by atomic mass is 10.1. The fourth-order valence-corrected chi connectivity index (χ4v) is 6.64. The molecule has 6 nitrogen and oxygen atoms in total. The Bertz CT molecular complexity index is 2140. The summed E-state index contributed by atoms with van der Waals surface area (Å²) in [7, 11) is -14.8. The number of rotatable bonds is 8. The minimum absolute atomic E-state index is 0.593. The molecule has 3 aromatic rings. The van der Waals surface area contributed by atoms with Crippen molar-refractivity contribution in [3.8, 4) is 0 Å². The number of halogens is 29. The molecule has 0 spiro atoms. The van der Waals surface area contributed by atoms with Crippen molar-refractivity contribution >= 4 is 20.2 Å². The molecule has 0 bridgehead atoms. The van der Waals surface area contributed by atoms with Crippen molar-refractivity contribution in [1.29, 1.82) is 0 Å². The third-order valence-electron chi connectivity index (χ3n) is 6.60. The second kappa shape index (κ2) is 20.6. The van der Waals surface area contributed by atoms with E-state index in [-0.39, 0.29) is 0 Å².